The number of rotatable bonds is 4. The maximum Gasteiger partial charge on any atom is 0.0794 e. The van der Waals surface area contributed by atoms with Crippen molar-refractivity contribution >= 4 is 28.4 Å². The molecule has 0 fully saturated rings. The van der Waals surface area contributed by atoms with Crippen LogP contribution in [-0.4, -0.2) is 4.98 Å². The molecule has 4 heteroatoms. The fraction of sp³-hybridized carbons (Fsp3) is 0.0714. The minimum absolute atomic E-state index is 0.826. The molecule has 0 spiro atoms. The van der Waals surface area contributed by atoms with Gasteiger partial charge in [-0.2, -0.15) is 0 Å². The third-order valence-corrected chi connectivity index (χ3v) is 4.33. The van der Waals surface area contributed by atoms with Crippen molar-refractivity contribution in [2.75, 3.05) is 5.32 Å². The van der Waals surface area contributed by atoms with Gasteiger partial charge in [0.15, 0.2) is 0 Å². The average molecular weight is 272 g/mol. The van der Waals surface area contributed by atoms with Crippen LogP contribution in [0.1, 0.15) is 4.88 Å². The van der Waals surface area contributed by atoms with E-state index in [1.165, 1.54) is 21.0 Å². The van der Waals surface area contributed by atoms with Crippen LogP contribution in [0.5, 0.6) is 0 Å². The van der Waals surface area contributed by atoms with E-state index in [1.54, 1.807) is 22.7 Å². The van der Waals surface area contributed by atoms with E-state index < -0.39 is 0 Å². The van der Waals surface area contributed by atoms with E-state index >= 15 is 0 Å². The number of hydrogen-bond acceptors (Lipinski definition) is 4. The van der Waals surface area contributed by atoms with Gasteiger partial charge in [0.05, 0.1) is 12.1 Å². The molecular formula is C14H12N2S2. The van der Waals surface area contributed by atoms with Gasteiger partial charge in [0.2, 0.25) is 0 Å². The van der Waals surface area contributed by atoms with E-state index in [0.29, 0.717) is 0 Å². The molecule has 0 amide bonds. The molecule has 2 heterocycles. The quantitative estimate of drug-likeness (QED) is 0.757. The van der Waals surface area contributed by atoms with E-state index in [-0.39, 0.29) is 0 Å². The van der Waals surface area contributed by atoms with Gasteiger partial charge >= 0.3 is 0 Å². The summed E-state index contributed by atoms with van der Waals surface area (Å²) in [6.45, 7) is 0.826. The number of aromatic nitrogens is 1. The SMILES string of the molecule is c1csc(-c2ccccc2NCc2cncs2)c1. The van der Waals surface area contributed by atoms with Crippen molar-refractivity contribution in [2.45, 2.75) is 6.54 Å². The molecule has 1 N–H and O–H groups in total. The second-order valence-corrected chi connectivity index (χ2v) is 5.76. The molecule has 90 valence electrons. The molecule has 0 aliphatic carbocycles. The molecule has 3 rings (SSSR count). The maximum atomic E-state index is 4.09. The molecule has 0 radical (unpaired) electrons. The highest BCUT2D eigenvalue weighted by Crippen LogP contribution is 2.31. The van der Waals surface area contributed by atoms with Crippen molar-refractivity contribution in [3.05, 3.63) is 58.4 Å². The number of hydrogen-bond donors (Lipinski definition) is 1. The molecular weight excluding hydrogens is 260 g/mol. The normalized spacial score (nSPS) is 10.4. The topological polar surface area (TPSA) is 24.9 Å². The van der Waals surface area contributed by atoms with Crippen molar-refractivity contribution in [3.8, 4) is 10.4 Å². The average Bonchev–Trinajstić information content (AvgIpc) is 3.10. The smallest absolute Gasteiger partial charge is 0.0794 e. The minimum Gasteiger partial charge on any atom is -0.380 e. The van der Waals surface area contributed by atoms with Gasteiger partial charge < -0.3 is 5.32 Å². The summed E-state index contributed by atoms with van der Waals surface area (Å²) in [6, 6.07) is 12.6. The highest BCUT2D eigenvalue weighted by Gasteiger charge is 2.05. The Morgan fingerprint density at radius 1 is 1.06 bits per heavy atom. The molecule has 0 aliphatic heterocycles. The van der Waals surface area contributed by atoms with Crippen molar-refractivity contribution in [1.82, 2.24) is 4.98 Å². The maximum absolute atomic E-state index is 4.09. The van der Waals surface area contributed by atoms with Crippen molar-refractivity contribution < 1.29 is 0 Å². The number of nitrogens with one attached hydrogen (secondary N) is 1. The number of anilines is 1. The summed E-state index contributed by atoms with van der Waals surface area (Å²) in [5.74, 6) is 0. The first-order valence-electron chi connectivity index (χ1n) is 5.67. The van der Waals surface area contributed by atoms with Gasteiger partial charge in [0, 0.05) is 27.2 Å². The van der Waals surface area contributed by atoms with Gasteiger partial charge in [-0.25, -0.2) is 0 Å². The number of benzene rings is 1. The van der Waals surface area contributed by atoms with E-state index in [1.807, 2.05) is 11.7 Å². The molecule has 0 atom stereocenters. The fourth-order valence-corrected chi connectivity index (χ4v) is 3.10. The molecule has 2 aromatic heterocycles. The van der Waals surface area contributed by atoms with Crippen molar-refractivity contribution in [2.24, 2.45) is 0 Å². The zero-order valence-corrected chi connectivity index (χ0v) is 11.3. The molecule has 0 aliphatic rings. The molecule has 0 saturated heterocycles. The Morgan fingerprint density at radius 3 is 2.78 bits per heavy atom. The first-order chi connectivity index (χ1) is 8.93. The van der Waals surface area contributed by atoms with E-state index in [9.17, 15) is 0 Å². The summed E-state index contributed by atoms with van der Waals surface area (Å²) < 4.78 is 0. The summed E-state index contributed by atoms with van der Waals surface area (Å²) in [7, 11) is 0. The van der Waals surface area contributed by atoms with Crippen LogP contribution >= 0.6 is 22.7 Å². The first kappa shape index (κ1) is 11.4. The lowest BCUT2D eigenvalue weighted by atomic mass is 10.1. The summed E-state index contributed by atoms with van der Waals surface area (Å²) in [4.78, 5) is 6.63. The summed E-state index contributed by atoms with van der Waals surface area (Å²) >= 11 is 3.44. The summed E-state index contributed by atoms with van der Waals surface area (Å²) in [5, 5.41) is 5.59. The van der Waals surface area contributed by atoms with Gasteiger partial charge in [-0.05, 0) is 17.5 Å². The monoisotopic (exact) mass is 272 g/mol. The first-order valence-corrected chi connectivity index (χ1v) is 7.43. The number of thiophene rings is 1. The lowest BCUT2D eigenvalue weighted by molar-refractivity contribution is 1.18. The van der Waals surface area contributed by atoms with Crippen molar-refractivity contribution in [1.29, 1.82) is 0 Å². The van der Waals surface area contributed by atoms with Gasteiger partial charge in [-0.3, -0.25) is 4.98 Å². The minimum atomic E-state index is 0.826. The van der Waals surface area contributed by atoms with E-state index in [0.717, 1.165) is 6.54 Å². The van der Waals surface area contributed by atoms with Crippen LogP contribution < -0.4 is 5.32 Å². The molecule has 0 saturated carbocycles. The Balaban J connectivity index is 1.84. The van der Waals surface area contributed by atoms with Crippen LogP contribution in [0.2, 0.25) is 0 Å². The molecule has 0 unspecified atom stereocenters. The Hall–Kier alpha value is -1.65. The molecule has 2 nitrogen and oxygen atoms in total. The third-order valence-electron chi connectivity index (χ3n) is 2.65. The van der Waals surface area contributed by atoms with Crippen LogP contribution in [0.4, 0.5) is 5.69 Å². The number of nitrogens with zero attached hydrogens (tertiary/aromatic N) is 1. The summed E-state index contributed by atoms with van der Waals surface area (Å²) in [6.07, 6.45) is 1.91. The lowest BCUT2D eigenvalue weighted by Gasteiger charge is -2.09. The number of thiazole rings is 1. The third kappa shape index (κ3) is 2.44. The van der Waals surface area contributed by atoms with Crippen molar-refractivity contribution in [3.63, 3.8) is 0 Å². The Labute approximate surface area is 114 Å². The van der Waals surface area contributed by atoms with Gasteiger partial charge in [-0.15, -0.1) is 22.7 Å². The predicted octanol–water partition coefficient (Wildman–Crippen LogP) is 4.48. The molecule has 18 heavy (non-hydrogen) atoms. The fourth-order valence-electron chi connectivity index (χ4n) is 1.80. The molecule has 0 bridgehead atoms. The summed E-state index contributed by atoms with van der Waals surface area (Å²) in [5.41, 5.74) is 4.30. The zero-order valence-electron chi connectivity index (χ0n) is 9.67. The highest BCUT2D eigenvalue weighted by molar-refractivity contribution is 7.13. The predicted molar refractivity (Wildman–Crippen MR) is 79.2 cm³/mol. The van der Waals surface area contributed by atoms with Gasteiger partial charge in [-0.1, -0.05) is 24.3 Å². The Morgan fingerprint density at radius 2 is 2.00 bits per heavy atom. The Kier molecular flexibility index (Phi) is 3.39. The van der Waals surface area contributed by atoms with Gasteiger partial charge in [0.1, 0.15) is 0 Å². The molecule has 3 aromatic rings. The molecule has 1 aromatic carbocycles. The van der Waals surface area contributed by atoms with Crippen LogP contribution in [0.25, 0.3) is 10.4 Å². The van der Waals surface area contributed by atoms with Gasteiger partial charge in [0.25, 0.3) is 0 Å². The number of para-hydroxylation sites is 1. The largest absolute Gasteiger partial charge is 0.380 e. The lowest BCUT2D eigenvalue weighted by Crippen LogP contribution is -1.98. The Bertz CT molecular complexity index is 601. The highest BCUT2D eigenvalue weighted by atomic mass is 32.1. The van der Waals surface area contributed by atoms with Crippen LogP contribution in [0.3, 0.4) is 0 Å². The second kappa shape index (κ2) is 5.33. The van der Waals surface area contributed by atoms with Crippen LogP contribution in [-0.2, 0) is 6.54 Å². The van der Waals surface area contributed by atoms with E-state index in [2.05, 4.69) is 52.1 Å². The zero-order chi connectivity index (χ0) is 12.2. The standard InChI is InChI=1S/C14H12N2S2/c1-2-5-13(16-9-11-8-15-10-18-11)12(4-1)14-6-3-7-17-14/h1-8,10,16H,9H2. The second-order valence-electron chi connectivity index (χ2n) is 3.84. The van der Waals surface area contributed by atoms with Crippen LogP contribution in [0, 0.1) is 0 Å². The van der Waals surface area contributed by atoms with E-state index in [4.69, 9.17) is 0 Å². The van der Waals surface area contributed by atoms with Crippen LogP contribution in [0.15, 0.2) is 53.5 Å².